The van der Waals surface area contributed by atoms with Crippen LogP contribution >= 0.6 is 11.8 Å². The number of fused-ring (bicyclic) bond motifs is 2. The van der Waals surface area contributed by atoms with E-state index < -0.39 is 0 Å². The standard InChI is InChI=1S/C25H25N5O2S/c1-14-8-9-18(10-16(14)3)30-23-20(12-26-30)24(32)29-19(13-33-25(29)28-23)11-22(31)27-21-7-5-6-15(2)17(21)4/h5-10,12,19H,11,13H2,1-4H3,(H,27,31). The maximum absolute atomic E-state index is 13.4. The molecule has 168 valence electrons. The molecule has 1 N–H and O–H groups in total. The number of carbonyl (C=O) groups is 1. The van der Waals surface area contributed by atoms with Crippen molar-refractivity contribution in [1.82, 2.24) is 19.3 Å². The summed E-state index contributed by atoms with van der Waals surface area (Å²) < 4.78 is 3.37. The van der Waals surface area contributed by atoms with Crippen molar-refractivity contribution < 1.29 is 4.79 Å². The topological polar surface area (TPSA) is 81.8 Å². The summed E-state index contributed by atoms with van der Waals surface area (Å²) in [7, 11) is 0. The fourth-order valence-electron chi connectivity index (χ4n) is 4.13. The SMILES string of the molecule is Cc1ccc(-n2ncc3c(=O)n4c(nc32)SCC4CC(=O)Nc2cccc(C)c2C)cc1C. The van der Waals surface area contributed by atoms with Crippen LogP contribution in [0.4, 0.5) is 5.69 Å². The molecular weight excluding hydrogens is 434 g/mol. The first-order valence-electron chi connectivity index (χ1n) is 10.9. The van der Waals surface area contributed by atoms with Crippen molar-refractivity contribution in [2.45, 2.75) is 45.3 Å². The van der Waals surface area contributed by atoms with Crippen LogP contribution in [-0.4, -0.2) is 31.0 Å². The second kappa shape index (κ2) is 8.19. The van der Waals surface area contributed by atoms with Gasteiger partial charge in [0.25, 0.3) is 5.56 Å². The highest BCUT2D eigenvalue weighted by Crippen LogP contribution is 2.34. The largest absolute Gasteiger partial charge is 0.326 e. The smallest absolute Gasteiger partial charge is 0.265 e. The maximum Gasteiger partial charge on any atom is 0.265 e. The molecule has 0 saturated heterocycles. The summed E-state index contributed by atoms with van der Waals surface area (Å²) in [6.45, 7) is 8.12. The van der Waals surface area contributed by atoms with Gasteiger partial charge in [-0.15, -0.1) is 0 Å². The normalized spacial score (nSPS) is 15.1. The summed E-state index contributed by atoms with van der Waals surface area (Å²) in [6.07, 6.45) is 1.79. The lowest BCUT2D eigenvalue weighted by atomic mass is 10.1. The van der Waals surface area contributed by atoms with Crippen LogP contribution in [0.25, 0.3) is 16.7 Å². The molecule has 5 rings (SSSR count). The molecular formula is C25H25N5O2S. The molecule has 2 aromatic heterocycles. The molecule has 0 bridgehead atoms. The zero-order chi connectivity index (χ0) is 23.3. The molecule has 4 aromatic rings. The molecule has 1 aliphatic rings. The number of anilines is 1. The third kappa shape index (κ3) is 3.74. The first-order valence-corrected chi connectivity index (χ1v) is 11.9. The Hall–Kier alpha value is -3.39. The fraction of sp³-hybridized carbons (Fsp3) is 0.280. The summed E-state index contributed by atoms with van der Waals surface area (Å²) in [6, 6.07) is 11.7. The number of aryl methyl sites for hydroxylation is 3. The predicted molar refractivity (Wildman–Crippen MR) is 132 cm³/mol. The van der Waals surface area contributed by atoms with Crippen molar-refractivity contribution in [1.29, 1.82) is 0 Å². The van der Waals surface area contributed by atoms with Gasteiger partial charge in [0.2, 0.25) is 5.91 Å². The molecule has 0 aliphatic carbocycles. The monoisotopic (exact) mass is 459 g/mol. The average Bonchev–Trinajstić information content (AvgIpc) is 3.38. The Morgan fingerprint density at radius 3 is 2.73 bits per heavy atom. The molecule has 33 heavy (non-hydrogen) atoms. The Labute approximate surface area is 195 Å². The fourth-order valence-corrected chi connectivity index (χ4v) is 5.26. The van der Waals surface area contributed by atoms with E-state index in [1.807, 2.05) is 57.2 Å². The molecule has 2 aromatic carbocycles. The van der Waals surface area contributed by atoms with E-state index in [0.717, 1.165) is 28.1 Å². The maximum atomic E-state index is 13.4. The van der Waals surface area contributed by atoms with Gasteiger partial charge in [-0.2, -0.15) is 5.10 Å². The molecule has 0 radical (unpaired) electrons. The number of rotatable bonds is 4. The summed E-state index contributed by atoms with van der Waals surface area (Å²) in [5, 5.41) is 8.54. The predicted octanol–water partition coefficient (Wildman–Crippen LogP) is 4.49. The van der Waals surface area contributed by atoms with Crippen molar-refractivity contribution in [2.75, 3.05) is 11.1 Å². The minimum Gasteiger partial charge on any atom is -0.326 e. The second-order valence-electron chi connectivity index (χ2n) is 8.60. The van der Waals surface area contributed by atoms with Gasteiger partial charge in [0, 0.05) is 17.9 Å². The molecule has 0 fully saturated rings. The molecule has 1 atom stereocenters. The first kappa shape index (κ1) is 21.5. The van der Waals surface area contributed by atoms with Crippen LogP contribution < -0.4 is 10.9 Å². The summed E-state index contributed by atoms with van der Waals surface area (Å²) in [5.41, 5.74) is 6.59. The van der Waals surface area contributed by atoms with Crippen molar-refractivity contribution >= 4 is 34.4 Å². The molecule has 0 spiro atoms. The van der Waals surface area contributed by atoms with Crippen LogP contribution in [0.5, 0.6) is 0 Å². The van der Waals surface area contributed by atoms with Crippen LogP contribution in [0.15, 0.2) is 52.5 Å². The zero-order valence-corrected chi connectivity index (χ0v) is 19.9. The number of benzene rings is 2. The highest BCUT2D eigenvalue weighted by molar-refractivity contribution is 7.99. The molecule has 3 heterocycles. The Morgan fingerprint density at radius 2 is 1.94 bits per heavy atom. The lowest BCUT2D eigenvalue weighted by Gasteiger charge is -2.15. The summed E-state index contributed by atoms with van der Waals surface area (Å²) in [4.78, 5) is 30.9. The van der Waals surface area contributed by atoms with E-state index in [1.54, 1.807) is 15.4 Å². The summed E-state index contributed by atoms with van der Waals surface area (Å²) >= 11 is 1.50. The zero-order valence-electron chi connectivity index (χ0n) is 19.0. The molecule has 1 amide bonds. The third-order valence-corrected chi connectivity index (χ3v) is 7.50. The van der Waals surface area contributed by atoms with Gasteiger partial charge < -0.3 is 5.32 Å². The van der Waals surface area contributed by atoms with Crippen LogP contribution in [0.1, 0.15) is 34.7 Å². The van der Waals surface area contributed by atoms with Crippen molar-refractivity contribution in [3.05, 3.63) is 75.2 Å². The number of hydrogen-bond acceptors (Lipinski definition) is 5. The minimum absolute atomic E-state index is 0.111. The van der Waals surface area contributed by atoms with E-state index in [2.05, 4.69) is 17.3 Å². The Balaban J connectivity index is 1.45. The molecule has 1 unspecified atom stereocenters. The number of carbonyl (C=O) groups excluding carboxylic acids is 1. The van der Waals surface area contributed by atoms with Gasteiger partial charge in [0.15, 0.2) is 10.8 Å². The minimum atomic E-state index is -0.246. The Morgan fingerprint density at radius 1 is 1.12 bits per heavy atom. The van der Waals surface area contributed by atoms with Crippen LogP contribution in [0, 0.1) is 27.7 Å². The van der Waals surface area contributed by atoms with Crippen molar-refractivity contribution in [3.8, 4) is 5.69 Å². The lowest BCUT2D eigenvalue weighted by molar-refractivity contribution is -0.116. The second-order valence-corrected chi connectivity index (χ2v) is 9.58. The number of nitrogens with one attached hydrogen (secondary N) is 1. The Bertz CT molecular complexity index is 1470. The van der Waals surface area contributed by atoms with Gasteiger partial charge in [-0.05, 0) is 68.1 Å². The van der Waals surface area contributed by atoms with E-state index in [0.29, 0.717) is 21.9 Å². The van der Waals surface area contributed by atoms with Gasteiger partial charge >= 0.3 is 0 Å². The van der Waals surface area contributed by atoms with Gasteiger partial charge in [0.05, 0.1) is 17.9 Å². The van der Waals surface area contributed by atoms with Crippen molar-refractivity contribution in [2.24, 2.45) is 0 Å². The van der Waals surface area contributed by atoms with Gasteiger partial charge in [-0.25, -0.2) is 9.67 Å². The molecule has 0 saturated carbocycles. The van der Waals surface area contributed by atoms with Crippen molar-refractivity contribution in [3.63, 3.8) is 0 Å². The molecule has 8 heteroatoms. The van der Waals surface area contributed by atoms with E-state index in [1.165, 1.54) is 17.3 Å². The average molecular weight is 460 g/mol. The molecule has 7 nitrogen and oxygen atoms in total. The highest BCUT2D eigenvalue weighted by Gasteiger charge is 2.29. The van der Waals surface area contributed by atoms with E-state index in [9.17, 15) is 9.59 Å². The van der Waals surface area contributed by atoms with E-state index in [-0.39, 0.29) is 23.9 Å². The van der Waals surface area contributed by atoms with Gasteiger partial charge in [-0.3, -0.25) is 14.2 Å². The number of nitrogens with zero attached hydrogens (tertiary/aromatic N) is 4. The van der Waals surface area contributed by atoms with Crippen LogP contribution in [-0.2, 0) is 4.79 Å². The van der Waals surface area contributed by atoms with E-state index in [4.69, 9.17) is 4.98 Å². The molecule has 1 aliphatic heterocycles. The first-order chi connectivity index (χ1) is 15.8. The lowest BCUT2D eigenvalue weighted by Crippen LogP contribution is -2.28. The van der Waals surface area contributed by atoms with Gasteiger partial charge in [0.1, 0.15) is 5.39 Å². The Kier molecular flexibility index (Phi) is 5.32. The van der Waals surface area contributed by atoms with E-state index >= 15 is 0 Å². The number of thioether (sulfide) groups is 1. The quantitative estimate of drug-likeness (QED) is 0.455. The van der Waals surface area contributed by atoms with Crippen LogP contribution in [0.3, 0.4) is 0 Å². The van der Waals surface area contributed by atoms with Crippen LogP contribution in [0.2, 0.25) is 0 Å². The number of aromatic nitrogens is 4. The third-order valence-electron chi connectivity index (χ3n) is 6.41. The van der Waals surface area contributed by atoms with Gasteiger partial charge in [-0.1, -0.05) is 30.0 Å². The number of hydrogen-bond donors (Lipinski definition) is 1. The number of amides is 1. The summed E-state index contributed by atoms with van der Waals surface area (Å²) in [5.74, 6) is 0.520. The highest BCUT2D eigenvalue weighted by atomic mass is 32.2.